The van der Waals surface area contributed by atoms with Crippen LogP contribution in [0.1, 0.15) is 56.1 Å². The minimum Gasteiger partial charge on any atom is -0.210 e. The van der Waals surface area contributed by atoms with Gasteiger partial charge in [-0.3, -0.25) is 0 Å². The number of alkyl halides is 2. The first kappa shape index (κ1) is 18.9. The Bertz CT molecular complexity index is 746. The van der Waals surface area contributed by atoms with Crippen molar-refractivity contribution in [3.8, 4) is 11.1 Å². The Morgan fingerprint density at radius 1 is 0.923 bits per heavy atom. The van der Waals surface area contributed by atoms with Crippen LogP contribution in [0.2, 0.25) is 0 Å². The molecular formula is C22H24F4. The zero-order valence-electron chi connectivity index (χ0n) is 15.0. The van der Waals surface area contributed by atoms with Crippen LogP contribution in [-0.4, -0.2) is 6.43 Å². The molecule has 1 aliphatic rings. The molecular weight excluding hydrogens is 340 g/mol. The third kappa shape index (κ3) is 4.11. The summed E-state index contributed by atoms with van der Waals surface area (Å²) in [7, 11) is 0. The second kappa shape index (κ2) is 8.24. The Morgan fingerprint density at radius 2 is 1.65 bits per heavy atom. The number of hydrogen-bond donors (Lipinski definition) is 0. The smallest absolute Gasteiger partial charge is 0.210 e. The summed E-state index contributed by atoms with van der Waals surface area (Å²) in [5, 5.41) is 0. The van der Waals surface area contributed by atoms with Gasteiger partial charge in [0.1, 0.15) is 11.6 Å². The van der Waals surface area contributed by atoms with E-state index in [0.717, 1.165) is 12.0 Å². The Morgan fingerprint density at radius 3 is 2.23 bits per heavy atom. The van der Waals surface area contributed by atoms with Gasteiger partial charge < -0.3 is 0 Å². The first-order chi connectivity index (χ1) is 12.5. The molecule has 0 spiro atoms. The van der Waals surface area contributed by atoms with Crippen LogP contribution in [0.25, 0.3) is 11.1 Å². The van der Waals surface area contributed by atoms with E-state index < -0.39 is 12.3 Å². The Hall–Kier alpha value is -1.84. The maximum absolute atomic E-state index is 14.6. The first-order valence-electron chi connectivity index (χ1n) is 9.36. The number of hydrogen-bond acceptors (Lipinski definition) is 0. The van der Waals surface area contributed by atoms with E-state index in [2.05, 4.69) is 0 Å². The van der Waals surface area contributed by atoms with Gasteiger partial charge in [0.05, 0.1) is 0 Å². The molecule has 0 heterocycles. The van der Waals surface area contributed by atoms with Crippen LogP contribution < -0.4 is 0 Å². The summed E-state index contributed by atoms with van der Waals surface area (Å²) in [5.74, 6) is -1.10. The molecule has 0 radical (unpaired) electrons. The summed E-state index contributed by atoms with van der Waals surface area (Å²) in [6.07, 6.45) is 1.54. The van der Waals surface area contributed by atoms with Gasteiger partial charge in [-0.25, -0.2) is 17.6 Å². The lowest BCUT2D eigenvalue weighted by atomic mass is 9.78. The standard InChI is InChI=1S/C22H24F4/c1-2-3-15-6-9-18(13-20(15)23)19-11-10-17(12-21(19)24)14-4-7-16(8-5-14)22(25)26/h6,9-14,16,22H,2-5,7-8H2,1H3/t14-,16-. The highest BCUT2D eigenvalue weighted by atomic mass is 19.3. The summed E-state index contributed by atoms with van der Waals surface area (Å²) >= 11 is 0. The minimum atomic E-state index is -2.26. The summed E-state index contributed by atoms with van der Waals surface area (Å²) in [6, 6.07) is 9.87. The molecule has 0 aromatic heterocycles. The molecule has 2 aromatic rings. The highest BCUT2D eigenvalue weighted by Crippen LogP contribution is 2.39. The van der Waals surface area contributed by atoms with Gasteiger partial charge >= 0.3 is 0 Å². The average molecular weight is 364 g/mol. The molecule has 1 fully saturated rings. The molecule has 0 N–H and O–H groups in total. The zero-order chi connectivity index (χ0) is 18.7. The monoisotopic (exact) mass is 364 g/mol. The maximum atomic E-state index is 14.6. The van der Waals surface area contributed by atoms with Gasteiger partial charge in [0.25, 0.3) is 0 Å². The molecule has 1 aliphatic carbocycles. The van der Waals surface area contributed by atoms with Crippen LogP contribution >= 0.6 is 0 Å². The largest absolute Gasteiger partial charge is 0.241 e. The predicted octanol–water partition coefficient (Wildman–Crippen LogP) is 7.12. The van der Waals surface area contributed by atoms with Gasteiger partial charge in [-0.2, -0.15) is 0 Å². The third-order valence-corrected chi connectivity index (χ3v) is 5.48. The van der Waals surface area contributed by atoms with Crippen LogP contribution in [0.15, 0.2) is 36.4 Å². The fourth-order valence-corrected chi connectivity index (χ4v) is 3.91. The van der Waals surface area contributed by atoms with Crippen LogP contribution in [0.4, 0.5) is 17.6 Å². The Labute approximate surface area is 152 Å². The lowest BCUT2D eigenvalue weighted by molar-refractivity contribution is 0.0528. The van der Waals surface area contributed by atoms with E-state index >= 15 is 0 Å². The molecule has 0 amide bonds. The molecule has 140 valence electrons. The van der Waals surface area contributed by atoms with Crippen molar-refractivity contribution in [3.63, 3.8) is 0 Å². The van der Waals surface area contributed by atoms with Gasteiger partial charge in [-0.1, -0.05) is 37.6 Å². The second-order valence-corrected chi connectivity index (χ2v) is 7.24. The van der Waals surface area contributed by atoms with E-state index in [1.165, 1.54) is 12.1 Å². The molecule has 0 aliphatic heterocycles. The Balaban J connectivity index is 1.77. The van der Waals surface area contributed by atoms with Gasteiger partial charge in [0.2, 0.25) is 6.43 Å². The van der Waals surface area contributed by atoms with E-state index in [-0.39, 0.29) is 17.6 Å². The molecule has 2 aromatic carbocycles. The predicted molar refractivity (Wildman–Crippen MR) is 96.5 cm³/mol. The normalized spacial score (nSPS) is 20.5. The van der Waals surface area contributed by atoms with Gasteiger partial charge in [0, 0.05) is 11.5 Å². The molecule has 4 heteroatoms. The van der Waals surface area contributed by atoms with Crippen LogP contribution in [0.5, 0.6) is 0 Å². The van der Waals surface area contributed by atoms with Crippen LogP contribution in [0.3, 0.4) is 0 Å². The average Bonchev–Trinajstić information content (AvgIpc) is 2.63. The summed E-state index contributed by atoms with van der Waals surface area (Å²) in [5.41, 5.74) is 2.39. The van der Waals surface area contributed by atoms with Crippen molar-refractivity contribution < 1.29 is 17.6 Å². The van der Waals surface area contributed by atoms with Crippen molar-refractivity contribution in [2.24, 2.45) is 5.92 Å². The molecule has 0 saturated heterocycles. The molecule has 1 saturated carbocycles. The topological polar surface area (TPSA) is 0 Å². The van der Waals surface area contributed by atoms with E-state index in [4.69, 9.17) is 0 Å². The van der Waals surface area contributed by atoms with Crippen molar-refractivity contribution in [1.82, 2.24) is 0 Å². The quantitative estimate of drug-likeness (QED) is 0.495. The maximum Gasteiger partial charge on any atom is 0.241 e. The summed E-state index contributed by atoms with van der Waals surface area (Å²) in [4.78, 5) is 0. The molecule has 3 rings (SSSR count). The zero-order valence-corrected chi connectivity index (χ0v) is 15.0. The van der Waals surface area contributed by atoms with E-state index in [9.17, 15) is 17.6 Å². The van der Waals surface area contributed by atoms with Crippen molar-refractivity contribution >= 4 is 0 Å². The number of rotatable bonds is 5. The van der Waals surface area contributed by atoms with Crippen molar-refractivity contribution in [2.45, 2.75) is 57.8 Å². The second-order valence-electron chi connectivity index (χ2n) is 7.24. The fraction of sp³-hybridized carbons (Fsp3) is 0.455. The fourth-order valence-electron chi connectivity index (χ4n) is 3.91. The van der Waals surface area contributed by atoms with Crippen molar-refractivity contribution in [3.05, 3.63) is 59.2 Å². The van der Waals surface area contributed by atoms with Crippen molar-refractivity contribution in [2.75, 3.05) is 0 Å². The van der Waals surface area contributed by atoms with Crippen LogP contribution in [0, 0.1) is 17.6 Å². The number of halogens is 4. The van der Waals surface area contributed by atoms with Gasteiger partial charge in [-0.05, 0) is 66.8 Å². The third-order valence-electron chi connectivity index (χ3n) is 5.48. The van der Waals surface area contributed by atoms with Gasteiger partial charge in [0.15, 0.2) is 0 Å². The lowest BCUT2D eigenvalue weighted by Gasteiger charge is -2.28. The van der Waals surface area contributed by atoms with Gasteiger partial charge in [-0.15, -0.1) is 0 Å². The van der Waals surface area contributed by atoms with E-state index in [1.807, 2.05) is 13.0 Å². The number of benzene rings is 2. The lowest BCUT2D eigenvalue weighted by Crippen LogP contribution is -2.19. The van der Waals surface area contributed by atoms with Crippen molar-refractivity contribution in [1.29, 1.82) is 0 Å². The highest BCUT2D eigenvalue weighted by molar-refractivity contribution is 5.65. The van der Waals surface area contributed by atoms with E-state index in [0.29, 0.717) is 48.8 Å². The Kier molecular flexibility index (Phi) is 6.00. The summed E-state index contributed by atoms with van der Waals surface area (Å²) in [6.45, 7) is 1.99. The molecule has 0 unspecified atom stereocenters. The highest BCUT2D eigenvalue weighted by Gasteiger charge is 2.28. The molecule has 0 bridgehead atoms. The summed E-state index contributed by atoms with van der Waals surface area (Å²) < 4.78 is 54.3. The number of aryl methyl sites for hydroxylation is 1. The molecule has 0 nitrogen and oxygen atoms in total. The van der Waals surface area contributed by atoms with E-state index in [1.54, 1.807) is 18.2 Å². The molecule has 26 heavy (non-hydrogen) atoms. The molecule has 0 atom stereocenters. The SMILES string of the molecule is CCCc1ccc(-c2ccc([C@H]3CC[C@H](C(F)F)CC3)cc2F)cc1F. The first-order valence-corrected chi connectivity index (χ1v) is 9.36. The van der Waals surface area contributed by atoms with Crippen LogP contribution in [-0.2, 0) is 6.42 Å². The minimum absolute atomic E-state index is 0.122.